The molecule has 0 aliphatic carbocycles. The third-order valence-electron chi connectivity index (χ3n) is 3.54. The van der Waals surface area contributed by atoms with E-state index in [1.54, 1.807) is 0 Å². The molecule has 13 nitrogen and oxygen atoms in total. The second-order valence-electron chi connectivity index (χ2n) is 5.20. The molecule has 2 bridgehead atoms. The Hall–Kier alpha value is -2.52. The number of hydroxylamine groups is 3. The van der Waals surface area contributed by atoms with Crippen LogP contribution in [0.25, 0.3) is 5.70 Å². The normalized spacial score (nSPS) is 20.0. The first-order valence-electron chi connectivity index (χ1n) is 6.84. The molecule has 25 heavy (non-hydrogen) atoms. The Kier molecular flexibility index (Phi) is 4.21. The number of urea groups is 1. The smallest absolute Gasteiger partial charge is 0.386 e. The van der Waals surface area contributed by atoms with Crippen molar-refractivity contribution in [2.45, 2.75) is 6.04 Å². The molecule has 3 N–H and O–H groups in total. The highest BCUT2D eigenvalue weighted by atomic mass is 32.3. The minimum atomic E-state index is -4.85. The topological polar surface area (TPSA) is 166 Å². The minimum Gasteiger partial charge on any atom is -0.386 e. The van der Waals surface area contributed by atoms with Gasteiger partial charge in [-0.2, -0.15) is 18.5 Å². The molecular weight excluding hydrogens is 362 g/mol. The van der Waals surface area contributed by atoms with Gasteiger partial charge in [0.1, 0.15) is 12.6 Å². The van der Waals surface area contributed by atoms with Crippen LogP contribution in [0.1, 0.15) is 0 Å². The first-order valence-corrected chi connectivity index (χ1v) is 8.20. The van der Waals surface area contributed by atoms with Crippen molar-refractivity contribution < 1.29 is 37.2 Å². The molecule has 3 heterocycles. The summed E-state index contributed by atoms with van der Waals surface area (Å²) >= 11 is 0. The molecule has 0 radical (unpaired) electrons. The molecule has 0 spiro atoms. The van der Waals surface area contributed by atoms with Gasteiger partial charge >= 0.3 is 16.4 Å². The van der Waals surface area contributed by atoms with Gasteiger partial charge in [0.2, 0.25) is 0 Å². The number of aliphatic hydroxyl groups excluding tert-OH is 1. The predicted molar refractivity (Wildman–Crippen MR) is 78.1 cm³/mol. The van der Waals surface area contributed by atoms with Crippen LogP contribution < -0.4 is 5.06 Å². The van der Waals surface area contributed by atoms with Crippen molar-refractivity contribution in [1.82, 2.24) is 19.7 Å². The Bertz CT molecular complexity index is 848. The molecule has 2 aliphatic heterocycles. The first kappa shape index (κ1) is 17.3. The maximum Gasteiger partial charge on any atom is 0.418 e. The molecule has 1 unspecified atom stereocenters. The fraction of sp³-hybridized carbons (Fsp3) is 0.364. The highest BCUT2D eigenvalue weighted by molar-refractivity contribution is 7.80. The number of amides is 3. The third kappa shape index (κ3) is 3.33. The van der Waals surface area contributed by atoms with E-state index in [2.05, 4.69) is 9.38 Å². The fourth-order valence-corrected chi connectivity index (χ4v) is 2.88. The van der Waals surface area contributed by atoms with Crippen molar-refractivity contribution >= 4 is 33.9 Å². The summed E-state index contributed by atoms with van der Waals surface area (Å²) in [5.41, 5.74) is 0.446. The summed E-state index contributed by atoms with van der Waals surface area (Å²) in [4.78, 5) is 24.6. The van der Waals surface area contributed by atoms with E-state index in [0.717, 1.165) is 0 Å². The molecule has 1 atom stereocenters. The van der Waals surface area contributed by atoms with Crippen molar-refractivity contribution in [1.29, 1.82) is 0 Å². The zero-order valence-corrected chi connectivity index (χ0v) is 13.3. The Morgan fingerprint density at radius 2 is 2.20 bits per heavy atom. The third-order valence-corrected chi connectivity index (χ3v) is 3.89. The highest BCUT2D eigenvalue weighted by Gasteiger charge is 2.43. The molecule has 1 aromatic rings. The summed E-state index contributed by atoms with van der Waals surface area (Å²) in [5.74, 6) is -1.13. The van der Waals surface area contributed by atoms with E-state index in [0.29, 0.717) is 10.8 Å². The Labute approximate surface area is 140 Å². The quantitative estimate of drug-likeness (QED) is 0.308. The molecular formula is C11H13N5O8S. The van der Waals surface area contributed by atoms with Crippen LogP contribution in [0.15, 0.2) is 18.3 Å². The standard InChI is InChI=1S/C11H13N5O8S/c17-6-10(18)15(20)9-1-2-14(12-9)7-3-8-5-13(4-7)11(19)16(8)24-25(21,22)23/h1-3,8,17,20H,4-6H2,(H,21,22,23). The molecule has 1 fully saturated rings. The van der Waals surface area contributed by atoms with Crippen LogP contribution >= 0.6 is 0 Å². The number of rotatable bonds is 5. The molecule has 136 valence electrons. The van der Waals surface area contributed by atoms with E-state index in [1.807, 2.05) is 0 Å². The molecule has 0 saturated carbocycles. The van der Waals surface area contributed by atoms with Crippen LogP contribution in [0.4, 0.5) is 10.6 Å². The van der Waals surface area contributed by atoms with Crippen LogP contribution in [0.5, 0.6) is 0 Å². The van der Waals surface area contributed by atoms with Gasteiger partial charge in [-0.25, -0.2) is 9.48 Å². The van der Waals surface area contributed by atoms with Crippen LogP contribution in [0.3, 0.4) is 0 Å². The Morgan fingerprint density at radius 1 is 1.48 bits per heavy atom. The number of aliphatic hydroxyl groups is 1. The average Bonchev–Trinajstić information content (AvgIpc) is 3.12. The number of carbonyl (C=O) groups is 2. The maximum absolute atomic E-state index is 12.1. The van der Waals surface area contributed by atoms with Gasteiger partial charge in [-0.15, -0.1) is 9.38 Å². The van der Waals surface area contributed by atoms with Crippen molar-refractivity contribution in [3.8, 4) is 0 Å². The van der Waals surface area contributed by atoms with Gasteiger partial charge in [0, 0.05) is 18.8 Å². The lowest BCUT2D eigenvalue weighted by molar-refractivity contribution is -0.126. The molecule has 1 saturated heterocycles. The SMILES string of the molecule is O=C(CO)N(O)c1ccn(C2=CC3CN(C2)C(=O)N3OS(=O)(=O)O)n1. The van der Waals surface area contributed by atoms with Gasteiger partial charge in [0.15, 0.2) is 5.82 Å². The van der Waals surface area contributed by atoms with Crippen molar-refractivity contribution in [2.75, 3.05) is 24.8 Å². The van der Waals surface area contributed by atoms with Crippen LogP contribution in [-0.4, -0.2) is 80.7 Å². The lowest BCUT2D eigenvalue weighted by Gasteiger charge is -2.21. The minimum absolute atomic E-state index is 0.0567. The van der Waals surface area contributed by atoms with E-state index in [9.17, 15) is 23.2 Å². The monoisotopic (exact) mass is 375 g/mol. The molecule has 2 aliphatic rings. The second-order valence-corrected chi connectivity index (χ2v) is 6.20. The number of nitrogens with zero attached hydrogens (tertiary/aromatic N) is 5. The van der Waals surface area contributed by atoms with E-state index in [1.165, 1.54) is 27.9 Å². The van der Waals surface area contributed by atoms with E-state index < -0.39 is 35.0 Å². The second kappa shape index (κ2) is 6.08. The summed E-state index contributed by atoms with van der Waals surface area (Å²) in [7, 11) is -4.85. The Balaban J connectivity index is 1.83. The zero-order chi connectivity index (χ0) is 18.4. The van der Waals surface area contributed by atoms with Crippen LogP contribution in [-0.2, 0) is 19.5 Å². The molecule has 0 aromatic carbocycles. The number of hydrogen-bond acceptors (Lipinski definition) is 8. The number of carbonyl (C=O) groups excluding carboxylic acids is 2. The molecule has 14 heteroatoms. The summed E-state index contributed by atoms with van der Waals surface area (Å²) in [6.45, 7) is -0.694. The number of aromatic nitrogens is 2. The molecule has 3 amide bonds. The van der Waals surface area contributed by atoms with E-state index >= 15 is 0 Å². The van der Waals surface area contributed by atoms with Gasteiger partial charge in [-0.3, -0.25) is 14.6 Å². The largest absolute Gasteiger partial charge is 0.418 e. The lowest BCUT2D eigenvalue weighted by Crippen LogP contribution is -2.35. The summed E-state index contributed by atoms with van der Waals surface area (Å²) in [5, 5.41) is 22.9. The van der Waals surface area contributed by atoms with Gasteiger partial charge in [-0.05, 0) is 6.08 Å². The van der Waals surface area contributed by atoms with Crippen molar-refractivity contribution in [3.63, 3.8) is 0 Å². The highest BCUT2D eigenvalue weighted by Crippen LogP contribution is 2.27. The zero-order valence-electron chi connectivity index (χ0n) is 12.5. The molecule has 3 rings (SSSR count). The number of hydrogen-bond donors (Lipinski definition) is 3. The van der Waals surface area contributed by atoms with Gasteiger partial charge in [0.25, 0.3) is 5.91 Å². The van der Waals surface area contributed by atoms with E-state index in [4.69, 9.17) is 9.66 Å². The predicted octanol–water partition coefficient (Wildman–Crippen LogP) is -1.71. The number of anilines is 1. The fourth-order valence-electron chi connectivity index (χ4n) is 2.50. The van der Waals surface area contributed by atoms with Gasteiger partial charge < -0.3 is 10.0 Å². The van der Waals surface area contributed by atoms with Crippen LogP contribution in [0, 0.1) is 0 Å². The van der Waals surface area contributed by atoms with E-state index in [-0.39, 0.29) is 24.0 Å². The van der Waals surface area contributed by atoms with Gasteiger partial charge in [-0.1, -0.05) is 0 Å². The first-order chi connectivity index (χ1) is 11.7. The van der Waals surface area contributed by atoms with Crippen molar-refractivity contribution in [3.05, 3.63) is 18.3 Å². The average molecular weight is 375 g/mol. The summed E-state index contributed by atoms with van der Waals surface area (Å²) < 4.78 is 36.0. The molecule has 1 aromatic heterocycles. The number of fused-ring (bicyclic) bond motifs is 2. The summed E-state index contributed by atoms with van der Waals surface area (Å²) in [6.07, 6.45) is 2.90. The van der Waals surface area contributed by atoms with Crippen LogP contribution in [0.2, 0.25) is 0 Å². The summed E-state index contributed by atoms with van der Waals surface area (Å²) in [6, 6.07) is -0.232. The van der Waals surface area contributed by atoms with Gasteiger partial charge in [0.05, 0.1) is 12.2 Å². The lowest BCUT2D eigenvalue weighted by atomic mass is 10.2. The van der Waals surface area contributed by atoms with Crippen molar-refractivity contribution in [2.24, 2.45) is 0 Å². The Morgan fingerprint density at radius 3 is 2.84 bits per heavy atom. The maximum atomic E-state index is 12.1.